The molecule has 8 aromatic carbocycles. The fraction of sp³-hybridized carbons (Fsp3) is 0.0714. The van der Waals surface area contributed by atoms with Gasteiger partial charge in [0.2, 0.25) is 0 Å². The lowest BCUT2D eigenvalue weighted by Gasteiger charge is -2.28. The van der Waals surface area contributed by atoms with E-state index in [1.807, 2.05) is 12.1 Å². The van der Waals surface area contributed by atoms with E-state index in [4.69, 9.17) is 4.42 Å². The summed E-state index contributed by atoms with van der Waals surface area (Å²) in [6, 6.07) is 61.8. The zero-order chi connectivity index (χ0) is 39.7. The van der Waals surface area contributed by atoms with Crippen molar-refractivity contribution in [2.45, 2.75) is 19.3 Å². The topological polar surface area (TPSA) is 19.6 Å². The molecule has 0 unspecified atom stereocenters. The summed E-state index contributed by atoms with van der Waals surface area (Å²) in [6.07, 6.45) is 8.49. The van der Waals surface area contributed by atoms with Crippen LogP contribution in [0.4, 0.5) is 28.4 Å². The highest BCUT2D eigenvalue weighted by Gasteiger charge is 2.35. The number of benzene rings is 8. The van der Waals surface area contributed by atoms with Crippen LogP contribution in [0.5, 0.6) is 0 Å². The van der Waals surface area contributed by atoms with E-state index in [-0.39, 0.29) is 5.41 Å². The molecule has 2 heterocycles. The molecule has 0 amide bonds. The molecule has 0 saturated heterocycles. The molecular formula is C56H42N2O. The number of hydrogen-bond donors (Lipinski definition) is 0. The molecule has 0 bridgehead atoms. The average molecular weight is 759 g/mol. The van der Waals surface area contributed by atoms with Gasteiger partial charge in [-0.3, -0.25) is 0 Å². The van der Waals surface area contributed by atoms with E-state index in [1.54, 1.807) is 0 Å². The highest BCUT2D eigenvalue weighted by molar-refractivity contribution is 6.07. The summed E-state index contributed by atoms with van der Waals surface area (Å²) in [5, 5.41) is 4.59. The molecule has 59 heavy (non-hydrogen) atoms. The number of furan rings is 1. The van der Waals surface area contributed by atoms with E-state index in [2.05, 4.69) is 212 Å². The normalized spacial score (nSPS) is 15.3. The lowest BCUT2D eigenvalue weighted by Crippen LogP contribution is -2.18. The van der Waals surface area contributed by atoms with Crippen molar-refractivity contribution >= 4 is 66.7 Å². The molecule has 0 saturated carbocycles. The standard InChI is InChI=1S/C56H42N2O/c1-37-14-6-5-13-31-57(42-15-7-4-8-16-42)53-29-24-41(34-49(37)53)38-21-22-40-33-43(25-23-39(40)32-38)58(44-27-30-55-50(35-44)48-18-10-12-20-54(48)59-55)45-26-28-47-46-17-9-11-19-51(46)56(2,3)52(47)36-45/h4-30,32-36H,1,31H2,2-3H3/b13-5-,14-6-. The third-order valence-corrected chi connectivity index (χ3v) is 12.4. The SMILES string of the molecule is C=C1/C=C\C=C/CN(c2ccccc2)c2ccc(-c3ccc4cc(N(c5ccc6c(c5)C(C)(C)c5ccccc5-6)c5ccc6oc7ccccc7c6c5)ccc4c3)cc21. The van der Waals surface area contributed by atoms with Gasteiger partial charge in [0.1, 0.15) is 11.2 Å². The van der Waals surface area contributed by atoms with Crippen LogP contribution in [-0.4, -0.2) is 6.54 Å². The summed E-state index contributed by atoms with van der Waals surface area (Å²) in [5.41, 5.74) is 17.1. The number of para-hydroxylation sites is 2. The van der Waals surface area contributed by atoms with Crippen molar-refractivity contribution < 1.29 is 4.42 Å². The Morgan fingerprint density at radius 2 is 1.22 bits per heavy atom. The first-order chi connectivity index (χ1) is 28.9. The van der Waals surface area contributed by atoms with E-state index in [0.717, 1.165) is 73.6 Å². The molecule has 2 aliphatic rings. The molecule has 0 fully saturated rings. The van der Waals surface area contributed by atoms with Crippen LogP contribution < -0.4 is 9.80 Å². The monoisotopic (exact) mass is 758 g/mol. The second kappa shape index (κ2) is 13.6. The van der Waals surface area contributed by atoms with Crippen molar-refractivity contribution in [1.82, 2.24) is 0 Å². The maximum absolute atomic E-state index is 6.28. The summed E-state index contributed by atoms with van der Waals surface area (Å²) < 4.78 is 6.28. The second-order valence-corrected chi connectivity index (χ2v) is 16.3. The molecule has 9 aromatic rings. The van der Waals surface area contributed by atoms with E-state index in [1.165, 1.54) is 38.6 Å². The third-order valence-electron chi connectivity index (χ3n) is 12.4. The van der Waals surface area contributed by atoms with E-state index in [9.17, 15) is 0 Å². The highest BCUT2D eigenvalue weighted by Crippen LogP contribution is 2.51. The summed E-state index contributed by atoms with van der Waals surface area (Å²) in [4.78, 5) is 4.76. The van der Waals surface area contributed by atoms with Crippen molar-refractivity contribution in [3.8, 4) is 22.3 Å². The minimum atomic E-state index is -0.119. The zero-order valence-corrected chi connectivity index (χ0v) is 33.2. The fourth-order valence-corrected chi connectivity index (χ4v) is 9.35. The first kappa shape index (κ1) is 34.9. The van der Waals surface area contributed by atoms with E-state index < -0.39 is 0 Å². The third kappa shape index (κ3) is 5.81. The Balaban J connectivity index is 1.02. The minimum Gasteiger partial charge on any atom is -0.456 e. The maximum atomic E-state index is 6.28. The first-order valence-electron chi connectivity index (χ1n) is 20.4. The molecule has 1 aromatic heterocycles. The van der Waals surface area contributed by atoms with Gasteiger partial charge in [0, 0.05) is 56.7 Å². The lowest BCUT2D eigenvalue weighted by atomic mass is 9.82. The van der Waals surface area contributed by atoms with Crippen molar-refractivity contribution in [3.63, 3.8) is 0 Å². The number of hydrogen-bond acceptors (Lipinski definition) is 3. The van der Waals surface area contributed by atoms with Gasteiger partial charge in [0.15, 0.2) is 0 Å². The molecule has 0 radical (unpaired) electrons. The molecule has 1 aliphatic carbocycles. The van der Waals surface area contributed by atoms with Gasteiger partial charge in [0.05, 0.1) is 0 Å². The van der Waals surface area contributed by atoms with Crippen LogP contribution in [0, 0.1) is 0 Å². The quantitative estimate of drug-likeness (QED) is 0.174. The Morgan fingerprint density at radius 1 is 0.542 bits per heavy atom. The van der Waals surface area contributed by atoms with Crippen LogP contribution in [0.3, 0.4) is 0 Å². The number of nitrogens with zero attached hydrogens (tertiary/aromatic N) is 2. The predicted octanol–water partition coefficient (Wildman–Crippen LogP) is 15.5. The predicted molar refractivity (Wildman–Crippen MR) is 250 cm³/mol. The Bertz CT molecular complexity index is 3200. The Labute approximate surface area is 345 Å². The Kier molecular flexibility index (Phi) is 8.06. The summed E-state index contributed by atoms with van der Waals surface area (Å²) in [7, 11) is 0. The molecular weight excluding hydrogens is 717 g/mol. The number of rotatable bonds is 5. The molecule has 3 heteroatoms. The van der Waals surface area contributed by atoms with E-state index in [0.29, 0.717) is 0 Å². The number of anilines is 5. The maximum Gasteiger partial charge on any atom is 0.135 e. The number of allylic oxidation sites excluding steroid dienone is 4. The van der Waals surface area contributed by atoms with Crippen molar-refractivity contribution in [3.05, 3.63) is 217 Å². The molecule has 1 aliphatic heterocycles. The summed E-state index contributed by atoms with van der Waals surface area (Å²) in [6.45, 7) is 9.96. The van der Waals surface area contributed by atoms with Crippen molar-refractivity contribution in [2.24, 2.45) is 0 Å². The van der Waals surface area contributed by atoms with Crippen LogP contribution in [0.25, 0.3) is 60.5 Å². The lowest BCUT2D eigenvalue weighted by molar-refractivity contribution is 0.660. The molecule has 3 nitrogen and oxygen atoms in total. The molecule has 282 valence electrons. The van der Waals surface area contributed by atoms with Crippen LogP contribution in [0.1, 0.15) is 30.5 Å². The van der Waals surface area contributed by atoms with Gasteiger partial charge in [-0.25, -0.2) is 0 Å². The van der Waals surface area contributed by atoms with Crippen molar-refractivity contribution in [1.29, 1.82) is 0 Å². The highest BCUT2D eigenvalue weighted by atomic mass is 16.3. The Morgan fingerprint density at radius 3 is 2.14 bits per heavy atom. The zero-order valence-electron chi connectivity index (χ0n) is 33.2. The molecule has 11 rings (SSSR count). The summed E-state index contributed by atoms with van der Waals surface area (Å²) in [5.74, 6) is 0. The average Bonchev–Trinajstić information content (AvgIpc) is 3.78. The van der Waals surface area contributed by atoms with Gasteiger partial charge < -0.3 is 14.2 Å². The molecule has 0 spiro atoms. The Hall–Kier alpha value is -7.36. The number of fused-ring (bicyclic) bond motifs is 8. The van der Waals surface area contributed by atoms with Gasteiger partial charge in [-0.1, -0.05) is 136 Å². The van der Waals surface area contributed by atoms with Gasteiger partial charge >= 0.3 is 0 Å². The largest absolute Gasteiger partial charge is 0.456 e. The van der Waals surface area contributed by atoms with Gasteiger partial charge in [-0.15, -0.1) is 0 Å². The van der Waals surface area contributed by atoms with Crippen LogP contribution in [-0.2, 0) is 5.41 Å². The van der Waals surface area contributed by atoms with E-state index >= 15 is 0 Å². The first-order valence-corrected chi connectivity index (χ1v) is 20.4. The molecule has 0 atom stereocenters. The van der Waals surface area contributed by atoms with Crippen LogP contribution in [0.2, 0.25) is 0 Å². The molecule has 0 N–H and O–H groups in total. The van der Waals surface area contributed by atoms with Crippen molar-refractivity contribution in [2.75, 3.05) is 16.3 Å². The van der Waals surface area contributed by atoms with Gasteiger partial charge in [-0.2, -0.15) is 0 Å². The van der Waals surface area contributed by atoms with Gasteiger partial charge in [-0.05, 0) is 129 Å². The smallest absolute Gasteiger partial charge is 0.135 e. The van der Waals surface area contributed by atoms with Crippen LogP contribution >= 0.6 is 0 Å². The second-order valence-electron chi connectivity index (χ2n) is 16.3. The minimum absolute atomic E-state index is 0.119. The van der Waals surface area contributed by atoms with Crippen LogP contribution in [0.15, 0.2) is 205 Å². The summed E-state index contributed by atoms with van der Waals surface area (Å²) >= 11 is 0. The van der Waals surface area contributed by atoms with Gasteiger partial charge in [0.25, 0.3) is 0 Å². The fourth-order valence-electron chi connectivity index (χ4n) is 9.35.